The number of amides is 1. The summed E-state index contributed by atoms with van der Waals surface area (Å²) in [7, 11) is -3.58. The second-order valence-corrected chi connectivity index (χ2v) is 12.1. The SMILES string of the molecule is CC(C)(C)COC(=O)N1CCC(C2CC2CCOc2ccc(S(C)(=O)=O)c(F)c2)CC1. The van der Waals surface area contributed by atoms with Gasteiger partial charge in [-0.1, -0.05) is 20.8 Å². The van der Waals surface area contributed by atoms with E-state index in [0.29, 0.717) is 36.7 Å². The molecule has 0 radical (unpaired) electrons. The first kappa shape index (κ1) is 23.8. The molecule has 8 heteroatoms. The molecule has 31 heavy (non-hydrogen) atoms. The van der Waals surface area contributed by atoms with Crippen LogP contribution in [0.15, 0.2) is 23.1 Å². The van der Waals surface area contributed by atoms with Gasteiger partial charge in [-0.3, -0.25) is 0 Å². The van der Waals surface area contributed by atoms with E-state index in [1.54, 1.807) is 0 Å². The Hall–Kier alpha value is -1.83. The van der Waals surface area contributed by atoms with Crippen molar-refractivity contribution in [2.45, 2.75) is 51.3 Å². The van der Waals surface area contributed by atoms with Crippen molar-refractivity contribution in [1.82, 2.24) is 4.90 Å². The Morgan fingerprint density at radius 3 is 2.48 bits per heavy atom. The lowest BCUT2D eigenvalue weighted by Crippen LogP contribution is -2.40. The Morgan fingerprint density at radius 2 is 1.90 bits per heavy atom. The van der Waals surface area contributed by atoms with Crippen LogP contribution in [-0.2, 0) is 14.6 Å². The summed E-state index contributed by atoms with van der Waals surface area (Å²) in [5, 5.41) is 0. The van der Waals surface area contributed by atoms with Crippen LogP contribution < -0.4 is 4.74 Å². The van der Waals surface area contributed by atoms with E-state index >= 15 is 0 Å². The minimum atomic E-state index is -3.58. The molecule has 3 rings (SSSR count). The lowest BCUT2D eigenvalue weighted by Gasteiger charge is -2.32. The summed E-state index contributed by atoms with van der Waals surface area (Å²) in [5.41, 5.74) is -0.0290. The molecule has 0 aromatic heterocycles. The Morgan fingerprint density at radius 1 is 1.23 bits per heavy atom. The van der Waals surface area contributed by atoms with Crippen molar-refractivity contribution >= 4 is 15.9 Å². The van der Waals surface area contributed by atoms with Crippen molar-refractivity contribution in [1.29, 1.82) is 0 Å². The van der Waals surface area contributed by atoms with E-state index in [1.165, 1.54) is 18.6 Å². The molecular formula is C23H34FNO5S. The number of halogens is 1. The summed E-state index contributed by atoms with van der Waals surface area (Å²) in [6, 6.07) is 3.88. The van der Waals surface area contributed by atoms with Gasteiger partial charge in [0.2, 0.25) is 0 Å². The molecule has 174 valence electrons. The number of benzene rings is 1. The second kappa shape index (κ2) is 9.35. The van der Waals surface area contributed by atoms with Crippen molar-refractivity contribution in [2.75, 3.05) is 32.6 Å². The number of hydrogen-bond donors (Lipinski definition) is 0. The van der Waals surface area contributed by atoms with Crippen molar-refractivity contribution in [3.05, 3.63) is 24.0 Å². The standard InChI is InChI=1S/C23H34FNO5S/c1-23(2,3)15-30-22(26)25-10-7-16(8-11-25)19-13-17(19)9-12-29-18-5-6-21(20(24)14-18)31(4,27)28/h5-6,14,16-17,19H,7-13,15H2,1-4H3. The first-order valence-electron chi connectivity index (χ1n) is 11.0. The van der Waals surface area contributed by atoms with Gasteiger partial charge in [-0.2, -0.15) is 0 Å². The minimum absolute atomic E-state index is 0.0290. The first-order valence-corrected chi connectivity index (χ1v) is 12.9. The molecule has 1 amide bonds. The molecule has 1 saturated carbocycles. The number of rotatable bonds is 7. The predicted molar refractivity (Wildman–Crippen MR) is 116 cm³/mol. The van der Waals surface area contributed by atoms with Gasteiger partial charge < -0.3 is 14.4 Å². The summed E-state index contributed by atoms with van der Waals surface area (Å²) in [6.07, 6.45) is 4.86. The highest BCUT2D eigenvalue weighted by atomic mass is 32.2. The highest BCUT2D eigenvalue weighted by Crippen LogP contribution is 2.49. The molecule has 1 heterocycles. The summed E-state index contributed by atoms with van der Waals surface area (Å²) in [6.45, 7) is 8.55. The largest absolute Gasteiger partial charge is 0.493 e. The fourth-order valence-electron chi connectivity index (χ4n) is 4.26. The number of ether oxygens (including phenoxy) is 2. The molecule has 2 atom stereocenters. The monoisotopic (exact) mass is 455 g/mol. The van der Waals surface area contributed by atoms with Crippen molar-refractivity contribution in [3.63, 3.8) is 0 Å². The normalized spacial score (nSPS) is 22.3. The molecule has 0 N–H and O–H groups in total. The summed E-state index contributed by atoms with van der Waals surface area (Å²) < 4.78 is 48.0. The molecule has 1 aromatic carbocycles. The smallest absolute Gasteiger partial charge is 0.409 e. The Bertz CT molecular complexity index is 888. The maximum atomic E-state index is 13.9. The zero-order valence-electron chi connectivity index (χ0n) is 18.9. The molecule has 1 aliphatic heterocycles. The number of sulfone groups is 1. The van der Waals surface area contributed by atoms with Gasteiger partial charge in [0.15, 0.2) is 9.84 Å². The van der Waals surface area contributed by atoms with E-state index in [1.807, 2.05) is 25.7 Å². The fourth-order valence-corrected chi connectivity index (χ4v) is 4.99. The van der Waals surface area contributed by atoms with Crippen LogP contribution in [0.5, 0.6) is 5.75 Å². The van der Waals surface area contributed by atoms with E-state index in [-0.39, 0.29) is 16.4 Å². The van der Waals surface area contributed by atoms with Gasteiger partial charge in [0.25, 0.3) is 0 Å². The molecule has 2 fully saturated rings. The van der Waals surface area contributed by atoms with Crippen molar-refractivity contribution < 1.29 is 27.1 Å². The van der Waals surface area contributed by atoms with Gasteiger partial charge in [-0.15, -0.1) is 0 Å². The third-order valence-corrected chi connectivity index (χ3v) is 7.20. The first-order chi connectivity index (χ1) is 14.4. The topological polar surface area (TPSA) is 72.9 Å². The number of piperidine rings is 1. The van der Waals surface area contributed by atoms with Crippen LogP contribution in [0.4, 0.5) is 9.18 Å². The number of carbonyl (C=O) groups is 1. The molecule has 0 bridgehead atoms. The maximum absolute atomic E-state index is 13.9. The van der Waals surface area contributed by atoms with E-state index in [4.69, 9.17) is 9.47 Å². The number of likely N-dealkylation sites (tertiary alicyclic amines) is 1. The molecule has 1 aliphatic carbocycles. The van der Waals surface area contributed by atoms with E-state index in [9.17, 15) is 17.6 Å². The average Bonchev–Trinajstić information content (AvgIpc) is 3.44. The quantitative estimate of drug-likeness (QED) is 0.604. The lowest BCUT2D eigenvalue weighted by atomic mass is 9.90. The molecule has 1 saturated heterocycles. The lowest BCUT2D eigenvalue weighted by molar-refractivity contribution is 0.0602. The van der Waals surface area contributed by atoms with Crippen LogP contribution in [0.1, 0.15) is 46.5 Å². The molecule has 6 nitrogen and oxygen atoms in total. The van der Waals surface area contributed by atoms with Crippen LogP contribution in [0, 0.1) is 29.0 Å². The van der Waals surface area contributed by atoms with Gasteiger partial charge in [-0.05, 0) is 61.0 Å². The van der Waals surface area contributed by atoms with Gasteiger partial charge in [0, 0.05) is 25.4 Å². The molecule has 2 aliphatic rings. The summed E-state index contributed by atoms with van der Waals surface area (Å²) >= 11 is 0. The Balaban J connectivity index is 1.36. The highest BCUT2D eigenvalue weighted by Gasteiger charge is 2.43. The summed E-state index contributed by atoms with van der Waals surface area (Å²) in [4.78, 5) is 13.7. The van der Waals surface area contributed by atoms with E-state index in [0.717, 1.165) is 44.7 Å². The molecule has 1 aromatic rings. The van der Waals surface area contributed by atoms with Crippen molar-refractivity contribution in [3.8, 4) is 5.75 Å². The van der Waals surface area contributed by atoms with E-state index < -0.39 is 15.7 Å². The zero-order chi connectivity index (χ0) is 22.8. The van der Waals surface area contributed by atoms with E-state index in [2.05, 4.69) is 0 Å². The van der Waals surface area contributed by atoms with Gasteiger partial charge in [0.05, 0.1) is 13.2 Å². The number of carbonyl (C=O) groups excluding carboxylic acids is 1. The van der Waals surface area contributed by atoms with Crippen molar-refractivity contribution in [2.24, 2.45) is 23.2 Å². The van der Waals surface area contributed by atoms with Crippen LogP contribution in [0.2, 0.25) is 0 Å². The Labute approximate surface area is 185 Å². The maximum Gasteiger partial charge on any atom is 0.409 e. The predicted octanol–water partition coefficient (Wildman–Crippen LogP) is 4.53. The number of hydrogen-bond acceptors (Lipinski definition) is 5. The van der Waals surface area contributed by atoms with Gasteiger partial charge >= 0.3 is 6.09 Å². The van der Waals surface area contributed by atoms with Gasteiger partial charge in [-0.25, -0.2) is 17.6 Å². The zero-order valence-corrected chi connectivity index (χ0v) is 19.7. The van der Waals surface area contributed by atoms with Gasteiger partial charge in [0.1, 0.15) is 16.5 Å². The molecule has 0 spiro atoms. The van der Waals surface area contributed by atoms with Crippen LogP contribution in [0.3, 0.4) is 0 Å². The molecule has 2 unspecified atom stereocenters. The second-order valence-electron chi connectivity index (χ2n) is 10.1. The molecular weight excluding hydrogens is 421 g/mol. The van der Waals surface area contributed by atoms with Crippen LogP contribution in [0.25, 0.3) is 0 Å². The van der Waals surface area contributed by atoms with Crippen LogP contribution in [-0.4, -0.2) is 52.0 Å². The average molecular weight is 456 g/mol. The minimum Gasteiger partial charge on any atom is -0.493 e. The highest BCUT2D eigenvalue weighted by molar-refractivity contribution is 7.90. The summed E-state index contributed by atoms with van der Waals surface area (Å²) in [5.74, 6) is 1.47. The fraction of sp³-hybridized carbons (Fsp3) is 0.696. The third kappa shape index (κ3) is 6.82. The van der Waals surface area contributed by atoms with Crippen LogP contribution >= 0.6 is 0 Å². The third-order valence-electron chi connectivity index (χ3n) is 6.07. The Kier molecular flexibility index (Phi) is 7.18. The number of nitrogens with zero attached hydrogens (tertiary/aromatic N) is 1.